The topological polar surface area (TPSA) is 15.3 Å². The average molecular weight is 312 g/mol. The van der Waals surface area contributed by atoms with Crippen LogP contribution >= 0.6 is 11.8 Å². The van der Waals surface area contributed by atoms with Gasteiger partial charge in [0.15, 0.2) is 0 Å². The van der Waals surface area contributed by atoms with E-state index in [4.69, 9.17) is 0 Å². The Hall–Kier alpha value is -1.29. The van der Waals surface area contributed by atoms with E-state index in [2.05, 4.69) is 66.5 Å². The normalized spacial score (nSPS) is 15.9. The van der Waals surface area contributed by atoms with Crippen LogP contribution in [0.1, 0.15) is 16.7 Å². The van der Waals surface area contributed by atoms with E-state index >= 15 is 0 Å². The Morgan fingerprint density at radius 1 is 1.00 bits per heavy atom. The predicted octanol–water partition coefficient (Wildman–Crippen LogP) is 3.86. The van der Waals surface area contributed by atoms with Crippen molar-refractivity contribution >= 4 is 11.8 Å². The van der Waals surface area contributed by atoms with Gasteiger partial charge in [0, 0.05) is 42.5 Å². The minimum atomic E-state index is 1.05. The van der Waals surface area contributed by atoms with Crippen LogP contribution in [0, 0.1) is 13.8 Å². The fraction of sp³-hybridized carbons (Fsp3) is 0.368. The Bertz CT molecular complexity index is 633. The number of nitrogens with zero attached hydrogens (tertiary/aromatic N) is 1. The van der Waals surface area contributed by atoms with Gasteiger partial charge in [0.25, 0.3) is 0 Å². The van der Waals surface area contributed by atoms with Gasteiger partial charge in [-0.05, 0) is 37.1 Å². The van der Waals surface area contributed by atoms with Crippen LogP contribution in [0.5, 0.6) is 0 Å². The smallest absolute Gasteiger partial charge is 0.0246 e. The number of nitrogens with one attached hydrogen (secondary N) is 1. The Labute approximate surface area is 137 Å². The molecule has 0 bridgehead atoms. The van der Waals surface area contributed by atoms with Crippen LogP contribution < -0.4 is 5.32 Å². The van der Waals surface area contributed by atoms with Crippen LogP contribution in [0.15, 0.2) is 52.3 Å². The number of aryl methyl sites for hydroxylation is 2. The molecule has 0 atom stereocenters. The monoisotopic (exact) mass is 312 g/mol. The van der Waals surface area contributed by atoms with Crippen molar-refractivity contribution in [2.45, 2.75) is 30.2 Å². The molecule has 0 radical (unpaired) electrons. The van der Waals surface area contributed by atoms with Crippen molar-refractivity contribution in [2.24, 2.45) is 0 Å². The Kier molecular flexibility index (Phi) is 5.19. The first-order valence-corrected chi connectivity index (χ1v) is 8.80. The molecule has 22 heavy (non-hydrogen) atoms. The maximum Gasteiger partial charge on any atom is 0.0246 e. The minimum Gasteiger partial charge on any atom is -0.314 e. The summed E-state index contributed by atoms with van der Waals surface area (Å²) in [6.45, 7) is 9.90. The molecule has 2 nitrogen and oxygen atoms in total. The minimum absolute atomic E-state index is 1.05. The number of hydrogen-bond donors (Lipinski definition) is 1. The Morgan fingerprint density at radius 3 is 2.55 bits per heavy atom. The molecule has 1 heterocycles. The highest BCUT2D eigenvalue weighted by Gasteiger charge is 2.13. The van der Waals surface area contributed by atoms with Gasteiger partial charge in [0.2, 0.25) is 0 Å². The highest BCUT2D eigenvalue weighted by Crippen LogP contribution is 2.33. The molecule has 3 heteroatoms. The summed E-state index contributed by atoms with van der Waals surface area (Å²) >= 11 is 1.90. The van der Waals surface area contributed by atoms with Crippen molar-refractivity contribution in [3.63, 3.8) is 0 Å². The largest absolute Gasteiger partial charge is 0.314 e. The zero-order valence-electron chi connectivity index (χ0n) is 13.4. The van der Waals surface area contributed by atoms with Gasteiger partial charge in [-0.15, -0.1) is 0 Å². The number of benzene rings is 2. The third kappa shape index (κ3) is 3.92. The lowest BCUT2D eigenvalue weighted by Crippen LogP contribution is -2.42. The molecule has 1 N–H and O–H groups in total. The van der Waals surface area contributed by atoms with Crippen LogP contribution in [0.4, 0.5) is 0 Å². The van der Waals surface area contributed by atoms with Crippen molar-refractivity contribution in [3.8, 4) is 0 Å². The highest BCUT2D eigenvalue weighted by molar-refractivity contribution is 7.99. The molecule has 1 aliphatic heterocycles. The third-order valence-electron chi connectivity index (χ3n) is 4.13. The molecule has 1 fully saturated rings. The summed E-state index contributed by atoms with van der Waals surface area (Å²) in [5.41, 5.74) is 4.13. The SMILES string of the molecule is Cc1ccc(Sc2ccccc2CN2CCNCC2)c(C)c1. The first kappa shape index (κ1) is 15.6. The lowest BCUT2D eigenvalue weighted by molar-refractivity contribution is 0.232. The number of piperazine rings is 1. The van der Waals surface area contributed by atoms with Gasteiger partial charge in [-0.1, -0.05) is 47.7 Å². The van der Waals surface area contributed by atoms with E-state index in [1.54, 1.807) is 0 Å². The van der Waals surface area contributed by atoms with Gasteiger partial charge in [-0.3, -0.25) is 4.90 Å². The lowest BCUT2D eigenvalue weighted by Gasteiger charge is -2.28. The molecule has 0 aliphatic carbocycles. The van der Waals surface area contributed by atoms with Crippen molar-refractivity contribution in [3.05, 3.63) is 59.2 Å². The zero-order valence-corrected chi connectivity index (χ0v) is 14.2. The van der Waals surface area contributed by atoms with Crippen LogP contribution in [-0.4, -0.2) is 31.1 Å². The van der Waals surface area contributed by atoms with E-state index in [9.17, 15) is 0 Å². The summed E-state index contributed by atoms with van der Waals surface area (Å²) in [5, 5.41) is 3.42. The highest BCUT2D eigenvalue weighted by atomic mass is 32.2. The molecule has 2 aromatic carbocycles. The van der Waals surface area contributed by atoms with Crippen molar-refractivity contribution in [1.29, 1.82) is 0 Å². The van der Waals surface area contributed by atoms with Gasteiger partial charge in [-0.25, -0.2) is 0 Å². The van der Waals surface area contributed by atoms with E-state index in [-0.39, 0.29) is 0 Å². The molecule has 2 aromatic rings. The van der Waals surface area contributed by atoms with E-state index < -0.39 is 0 Å². The van der Waals surface area contributed by atoms with Gasteiger partial charge >= 0.3 is 0 Å². The van der Waals surface area contributed by atoms with E-state index in [1.807, 2.05) is 11.8 Å². The molecule has 1 saturated heterocycles. The molecule has 0 amide bonds. The quantitative estimate of drug-likeness (QED) is 0.923. The fourth-order valence-electron chi connectivity index (χ4n) is 2.88. The van der Waals surface area contributed by atoms with Gasteiger partial charge in [-0.2, -0.15) is 0 Å². The molecule has 0 unspecified atom stereocenters. The summed E-state index contributed by atoms with van der Waals surface area (Å²) < 4.78 is 0. The van der Waals surface area contributed by atoms with Gasteiger partial charge in [0.05, 0.1) is 0 Å². The standard InChI is InChI=1S/C19H24N2S/c1-15-7-8-18(16(2)13-15)22-19-6-4-3-5-17(19)14-21-11-9-20-10-12-21/h3-8,13,20H,9-12,14H2,1-2H3. The van der Waals surface area contributed by atoms with E-state index in [1.165, 1.54) is 26.5 Å². The number of hydrogen-bond acceptors (Lipinski definition) is 3. The van der Waals surface area contributed by atoms with Gasteiger partial charge in [0.1, 0.15) is 0 Å². The summed E-state index contributed by atoms with van der Waals surface area (Å²) in [7, 11) is 0. The fourth-order valence-corrected chi connectivity index (χ4v) is 3.88. The second kappa shape index (κ2) is 7.32. The van der Waals surface area contributed by atoms with Crippen LogP contribution in [0.3, 0.4) is 0 Å². The Morgan fingerprint density at radius 2 is 1.77 bits per heavy atom. The van der Waals surface area contributed by atoms with Crippen LogP contribution in [0.2, 0.25) is 0 Å². The van der Waals surface area contributed by atoms with Crippen LogP contribution in [0.25, 0.3) is 0 Å². The molecule has 1 aliphatic rings. The first-order chi connectivity index (χ1) is 10.7. The maximum absolute atomic E-state index is 3.42. The molecular weight excluding hydrogens is 288 g/mol. The third-order valence-corrected chi connectivity index (χ3v) is 5.42. The van der Waals surface area contributed by atoms with E-state index in [0.29, 0.717) is 0 Å². The summed E-state index contributed by atoms with van der Waals surface area (Å²) in [4.78, 5) is 5.28. The molecule has 0 saturated carbocycles. The average Bonchev–Trinajstić information content (AvgIpc) is 2.53. The second-order valence-electron chi connectivity index (χ2n) is 6.00. The molecule has 3 rings (SSSR count). The summed E-state index contributed by atoms with van der Waals surface area (Å²) in [6.07, 6.45) is 0. The maximum atomic E-state index is 3.42. The van der Waals surface area contributed by atoms with Crippen LogP contribution in [-0.2, 0) is 6.54 Å². The molecule has 0 aromatic heterocycles. The summed E-state index contributed by atoms with van der Waals surface area (Å²) in [5.74, 6) is 0. The molecular formula is C19H24N2S. The van der Waals surface area contributed by atoms with Crippen molar-refractivity contribution in [1.82, 2.24) is 10.2 Å². The second-order valence-corrected chi connectivity index (χ2v) is 7.09. The molecule has 0 spiro atoms. The zero-order chi connectivity index (χ0) is 15.4. The Balaban J connectivity index is 1.78. The van der Waals surface area contributed by atoms with Crippen molar-refractivity contribution < 1.29 is 0 Å². The number of rotatable bonds is 4. The summed E-state index contributed by atoms with van der Waals surface area (Å²) in [6, 6.07) is 15.5. The van der Waals surface area contributed by atoms with Gasteiger partial charge < -0.3 is 5.32 Å². The first-order valence-electron chi connectivity index (χ1n) is 7.98. The van der Waals surface area contributed by atoms with E-state index in [0.717, 1.165) is 32.7 Å². The molecule has 116 valence electrons. The van der Waals surface area contributed by atoms with Crippen molar-refractivity contribution in [2.75, 3.05) is 26.2 Å². The predicted molar refractivity (Wildman–Crippen MR) is 94.6 cm³/mol. The lowest BCUT2D eigenvalue weighted by atomic mass is 10.2.